The minimum absolute atomic E-state index is 0.0878. The third-order valence-corrected chi connectivity index (χ3v) is 13.1. The molecule has 1 spiro atoms. The van der Waals surface area contributed by atoms with E-state index in [1.54, 1.807) is 11.1 Å². The summed E-state index contributed by atoms with van der Waals surface area (Å²) in [6.45, 7) is 10.7. The molecule has 41 heavy (non-hydrogen) atoms. The van der Waals surface area contributed by atoms with Gasteiger partial charge in [0, 0.05) is 18.2 Å². The number of ether oxygens (including phenoxy) is 2. The lowest BCUT2D eigenvalue weighted by molar-refractivity contribution is -0.0794. The standard InChI is InChI=1S/C36H50N2O3/c1-22-16-32-33(38(20-22)34(39)40-21-25-8-6-5-7-9-25)24(3)36(41-32)15-13-28-29-11-10-26-17-27(37)12-14-35(26,4)31(29)18-30(28)23(2)19-36/h5-9,22,24,26,28-29,31-33,37H,10-21H2,1-4H3/t22-,24+,26+,28-,29-,31-,32+,33-,35-,36-/m0/s1. The van der Waals surface area contributed by atoms with Crippen LogP contribution in [0.15, 0.2) is 41.5 Å². The van der Waals surface area contributed by atoms with E-state index in [1.165, 1.54) is 32.1 Å². The molecule has 7 rings (SSSR count). The van der Waals surface area contributed by atoms with Gasteiger partial charge in [0.2, 0.25) is 0 Å². The first-order chi connectivity index (χ1) is 19.7. The summed E-state index contributed by atoms with van der Waals surface area (Å²) in [7, 11) is 0. The number of allylic oxidation sites excluding steroid dienone is 1. The molecule has 1 aromatic rings. The Kier molecular flexibility index (Phi) is 6.92. The second-order valence-corrected chi connectivity index (χ2v) is 15.2. The summed E-state index contributed by atoms with van der Waals surface area (Å²) in [5, 5.41) is 8.35. The van der Waals surface area contributed by atoms with E-state index in [-0.39, 0.29) is 29.8 Å². The van der Waals surface area contributed by atoms with Gasteiger partial charge in [-0.05, 0) is 112 Å². The lowest BCUT2D eigenvalue weighted by Crippen LogP contribution is -2.54. The van der Waals surface area contributed by atoms with E-state index in [0.717, 1.165) is 67.7 Å². The number of carbonyl (C=O) groups is 1. The van der Waals surface area contributed by atoms with Crippen LogP contribution in [0.3, 0.4) is 0 Å². The Hall–Kier alpha value is -2.14. The number of rotatable bonds is 2. The molecule has 5 fully saturated rings. The molecule has 1 N–H and O–H groups in total. The minimum atomic E-state index is -0.185. The zero-order valence-corrected chi connectivity index (χ0v) is 25.7. The highest BCUT2D eigenvalue weighted by atomic mass is 16.6. The molecule has 1 amide bonds. The maximum atomic E-state index is 13.5. The maximum Gasteiger partial charge on any atom is 0.410 e. The van der Waals surface area contributed by atoms with Gasteiger partial charge in [-0.1, -0.05) is 62.2 Å². The SMILES string of the molecule is CC1=C2C[C@H]3[C@@H](CC[C@@H]4CC(=N)CC[C@@]43C)[C@@H]2CC[C@@]2(C1)O[C@@H]1C[C@H](C)CN(C(=O)OCc3ccccc3)[C@H]1[C@H]2C. The van der Waals surface area contributed by atoms with Crippen molar-refractivity contribution >= 4 is 11.8 Å². The van der Waals surface area contributed by atoms with Crippen molar-refractivity contribution in [2.45, 2.75) is 116 Å². The number of benzene rings is 1. The smallest absolute Gasteiger partial charge is 0.410 e. The normalized spacial score (nSPS) is 43.7. The highest BCUT2D eigenvalue weighted by Crippen LogP contribution is 2.65. The van der Waals surface area contributed by atoms with Crippen molar-refractivity contribution in [2.75, 3.05) is 6.54 Å². The van der Waals surface area contributed by atoms with Gasteiger partial charge in [-0.25, -0.2) is 4.79 Å². The lowest BCUT2D eigenvalue weighted by Gasteiger charge is -2.52. The Balaban J connectivity index is 1.11. The number of hydrogen-bond acceptors (Lipinski definition) is 4. The lowest BCUT2D eigenvalue weighted by atomic mass is 9.52. The molecule has 5 heteroatoms. The number of carbonyl (C=O) groups excluding carboxylic acids is 1. The number of hydrogen-bond donors (Lipinski definition) is 1. The largest absolute Gasteiger partial charge is 0.445 e. The molecular weight excluding hydrogens is 508 g/mol. The molecule has 2 heterocycles. The van der Waals surface area contributed by atoms with Crippen LogP contribution in [0.1, 0.15) is 97.5 Å². The van der Waals surface area contributed by atoms with Crippen LogP contribution >= 0.6 is 0 Å². The van der Waals surface area contributed by atoms with Crippen LogP contribution in [0, 0.1) is 46.3 Å². The Morgan fingerprint density at radius 2 is 1.93 bits per heavy atom. The monoisotopic (exact) mass is 558 g/mol. The molecule has 6 aliphatic rings. The topological polar surface area (TPSA) is 62.6 Å². The number of amides is 1. The molecule has 2 saturated heterocycles. The highest BCUT2D eigenvalue weighted by molar-refractivity contribution is 5.82. The summed E-state index contributed by atoms with van der Waals surface area (Å²) in [6, 6.07) is 10.1. The summed E-state index contributed by atoms with van der Waals surface area (Å²) in [5.74, 6) is 3.69. The van der Waals surface area contributed by atoms with Crippen LogP contribution in [0.5, 0.6) is 0 Å². The average molecular weight is 559 g/mol. The minimum Gasteiger partial charge on any atom is -0.445 e. The third-order valence-electron chi connectivity index (χ3n) is 13.1. The molecule has 222 valence electrons. The van der Waals surface area contributed by atoms with Crippen molar-refractivity contribution in [3.05, 3.63) is 47.0 Å². The molecule has 3 saturated carbocycles. The number of fused-ring (bicyclic) bond motifs is 6. The van der Waals surface area contributed by atoms with Crippen molar-refractivity contribution < 1.29 is 14.3 Å². The van der Waals surface area contributed by atoms with Crippen molar-refractivity contribution in [3.8, 4) is 0 Å². The Morgan fingerprint density at radius 1 is 1.12 bits per heavy atom. The second-order valence-electron chi connectivity index (χ2n) is 15.2. The highest BCUT2D eigenvalue weighted by Gasteiger charge is 2.60. The predicted molar refractivity (Wildman–Crippen MR) is 162 cm³/mol. The van der Waals surface area contributed by atoms with Crippen molar-refractivity contribution in [1.82, 2.24) is 4.90 Å². The van der Waals surface area contributed by atoms with Crippen LogP contribution in [-0.4, -0.2) is 41.0 Å². The van der Waals surface area contributed by atoms with Gasteiger partial charge < -0.3 is 19.8 Å². The van der Waals surface area contributed by atoms with Gasteiger partial charge in [0.05, 0.1) is 17.7 Å². The fourth-order valence-electron chi connectivity index (χ4n) is 10.9. The maximum absolute atomic E-state index is 13.5. The first kappa shape index (κ1) is 27.7. The van der Waals surface area contributed by atoms with Crippen LogP contribution in [0.25, 0.3) is 0 Å². The summed E-state index contributed by atoms with van der Waals surface area (Å²) in [5.41, 5.74) is 5.60. The van der Waals surface area contributed by atoms with Gasteiger partial charge in [-0.15, -0.1) is 0 Å². The zero-order chi connectivity index (χ0) is 28.5. The van der Waals surface area contributed by atoms with E-state index in [0.29, 0.717) is 23.9 Å². The molecule has 10 atom stereocenters. The summed E-state index contributed by atoms with van der Waals surface area (Å²) >= 11 is 0. The van der Waals surface area contributed by atoms with E-state index in [4.69, 9.17) is 14.9 Å². The summed E-state index contributed by atoms with van der Waals surface area (Å²) in [4.78, 5) is 15.6. The van der Waals surface area contributed by atoms with E-state index >= 15 is 0 Å². The molecule has 2 aliphatic heterocycles. The van der Waals surface area contributed by atoms with E-state index in [1.807, 2.05) is 35.2 Å². The van der Waals surface area contributed by atoms with Gasteiger partial charge in [0.25, 0.3) is 0 Å². The van der Waals surface area contributed by atoms with Gasteiger partial charge >= 0.3 is 6.09 Å². The second kappa shape index (κ2) is 10.2. The number of nitrogens with one attached hydrogen (secondary N) is 1. The Bertz CT molecular complexity index is 1230. The molecule has 4 aliphatic carbocycles. The van der Waals surface area contributed by atoms with Gasteiger partial charge in [-0.2, -0.15) is 0 Å². The Labute approximate surface area is 246 Å². The van der Waals surface area contributed by atoms with Crippen molar-refractivity contribution in [2.24, 2.45) is 40.9 Å². The van der Waals surface area contributed by atoms with E-state index < -0.39 is 0 Å². The summed E-state index contributed by atoms with van der Waals surface area (Å²) in [6.07, 6.45) is 11.5. The first-order valence-corrected chi connectivity index (χ1v) is 16.6. The van der Waals surface area contributed by atoms with Gasteiger partial charge in [-0.3, -0.25) is 0 Å². The molecular formula is C36H50N2O3. The average Bonchev–Trinajstić information content (AvgIpc) is 3.42. The summed E-state index contributed by atoms with van der Waals surface area (Å²) < 4.78 is 13.1. The molecule has 0 aromatic heterocycles. The molecule has 1 aromatic carbocycles. The van der Waals surface area contributed by atoms with Crippen molar-refractivity contribution in [1.29, 1.82) is 5.41 Å². The van der Waals surface area contributed by atoms with Gasteiger partial charge in [0.15, 0.2) is 0 Å². The van der Waals surface area contributed by atoms with Crippen molar-refractivity contribution in [3.63, 3.8) is 0 Å². The van der Waals surface area contributed by atoms with Gasteiger partial charge in [0.1, 0.15) is 6.61 Å². The van der Waals surface area contributed by atoms with Crippen LogP contribution < -0.4 is 0 Å². The molecule has 0 radical (unpaired) electrons. The van der Waals surface area contributed by atoms with E-state index in [9.17, 15) is 4.79 Å². The first-order valence-electron chi connectivity index (χ1n) is 16.6. The van der Waals surface area contributed by atoms with Crippen LogP contribution in [0.2, 0.25) is 0 Å². The number of nitrogens with zero attached hydrogens (tertiary/aromatic N) is 1. The predicted octanol–water partition coefficient (Wildman–Crippen LogP) is 8.18. The number of piperidine rings is 1. The molecule has 5 nitrogen and oxygen atoms in total. The van der Waals surface area contributed by atoms with Crippen LogP contribution in [-0.2, 0) is 16.1 Å². The number of likely N-dealkylation sites (tertiary alicyclic amines) is 1. The fourth-order valence-corrected chi connectivity index (χ4v) is 10.9. The third kappa shape index (κ3) is 4.51. The fraction of sp³-hybridized carbons (Fsp3) is 0.722. The molecule has 0 bridgehead atoms. The molecule has 0 unspecified atom stereocenters. The Morgan fingerprint density at radius 3 is 2.73 bits per heavy atom. The zero-order valence-electron chi connectivity index (χ0n) is 25.7. The van der Waals surface area contributed by atoms with E-state index in [2.05, 4.69) is 27.7 Å². The van der Waals surface area contributed by atoms with Crippen LogP contribution in [0.4, 0.5) is 4.79 Å². The quantitative estimate of drug-likeness (QED) is 0.372.